The van der Waals surface area contributed by atoms with Gasteiger partial charge in [0.25, 0.3) is 0 Å². The Morgan fingerprint density at radius 3 is 2.88 bits per heavy atom. The van der Waals surface area contributed by atoms with Gasteiger partial charge in [-0.15, -0.1) is 0 Å². The molecule has 2 unspecified atom stereocenters. The van der Waals surface area contributed by atoms with Gasteiger partial charge in [-0.2, -0.15) is 5.26 Å². The van der Waals surface area contributed by atoms with Crippen LogP contribution >= 0.6 is 0 Å². The van der Waals surface area contributed by atoms with E-state index in [0.29, 0.717) is 24.1 Å². The topological polar surface area (TPSA) is 35.8 Å². The molecule has 1 aliphatic carbocycles. The van der Waals surface area contributed by atoms with Crippen molar-refractivity contribution in [3.63, 3.8) is 0 Å². The number of hydrogen-bond donors (Lipinski definition) is 1. The fourth-order valence-electron chi connectivity index (χ4n) is 2.51. The molecule has 1 aromatic carbocycles. The van der Waals surface area contributed by atoms with Gasteiger partial charge in [-0.3, -0.25) is 0 Å². The molecule has 0 spiro atoms. The first kappa shape index (κ1) is 12.1. The third kappa shape index (κ3) is 3.04. The van der Waals surface area contributed by atoms with Crippen LogP contribution in [0, 0.1) is 23.1 Å². The smallest absolute Gasteiger partial charge is 0.124 e. The lowest BCUT2D eigenvalue weighted by Crippen LogP contribution is -2.30. The lowest BCUT2D eigenvalue weighted by atomic mass is 10.1. The van der Waals surface area contributed by atoms with Crippen LogP contribution in [0.3, 0.4) is 0 Å². The molecule has 2 atom stereocenters. The molecule has 1 aliphatic rings. The minimum Gasteiger partial charge on any atom is -0.310 e. The average molecular weight is 232 g/mol. The van der Waals surface area contributed by atoms with Gasteiger partial charge in [-0.25, -0.2) is 4.39 Å². The minimum absolute atomic E-state index is 0.333. The van der Waals surface area contributed by atoms with E-state index in [-0.39, 0.29) is 5.82 Å². The van der Waals surface area contributed by atoms with Gasteiger partial charge in [-0.1, -0.05) is 13.3 Å². The summed E-state index contributed by atoms with van der Waals surface area (Å²) in [5.74, 6) is 0.360. The second-order valence-electron chi connectivity index (χ2n) is 4.86. The second kappa shape index (κ2) is 5.29. The molecular formula is C14H17FN2. The van der Waals surface area contributed by atoms with Crippen molar-refractivity contribution in [2.24, 2.45) is 5.92 Å². The summed E-state index contributed by atoms with van der Waals surface area (Å²) in [4.78, 5) is 0. The maximum Gasteiger partial charge on any atom is 0.124 e. The molecule has 2 nitrogen and oxygen atoms in total. The lowest BCUT2D eigenvalue weighted by molar-refractivity contribution is 0.425. The van der Waals surface area contributed by atoms with E-state index in [1.165, 1.54) is 31.4 Å². The van der Waals surface area contributed by atoms with Gasteiger partial charge in [0.15, 0.2) is 0 Å². The Balaban J connectivity index is 1.99. The number of hydrogen-bond acceptors (Lipinski definition) is 2. The Labute approximate surface area is 101 Å². The molecule has 1 saturated carbocycles. The highest BCUT2D eigenvalue weighted by molar-refractivity contribution is 5.33. The predicted molar refractivity (Wildman–Crippen MR) is 64.8 cm³/mol. The van der Waals surface area contributed by atoms with E-state index in [1.807, 2.05) is 6.07 Å². The summed E-state index contributed by atoms with van der Waals surface area (Å²) in [6.07, 6.45) is 3.73. The standard InChI is InChI=1S/C14H17FN2/c1-10-3-2-4-14(10)17-9-12-5-11(8-16)6-13(15)7-12/h5-7,10,14,17H,2-4,9H2,1H3. The summed E-state index contributed by atoms with van der Waals surface area (Å²) in [6, 6.07) is 7.01. The van der Waals surface area contributed by atoms with E-state index < -0.39 is 0 Å². The van der Waals surface area contributed by atoms with E-state index in [1.54, 1.807) is 6.07 Å². The SMILES string of the molecule is CC1CCCC1NCc1cc(F)cc(C#N)c1. The van der Waals surface area contributed by atoms with Crippen LogP contribution in [0.1, 0.15) is 37.3 Å². The molecule has 1 fully saturated rings. The zero-order valence-electron chi connectivity index (χ0n) is 10.0. The molecule has 0 amide bonds. The molecule has 2 rings (SSSR count). The van der Waals surface area contributed by atoms with Gasteiger partial charge in [0.05, 0.1) is 11.6 Å². The fraction of sp³-hybridized carbons (Fsp3) is 0.500. The van der Waals surface area contributed by atoms with Crippen LogP contribution < -0.4 is 5.32 Å². The molecule has 90 valence electrons. The van der Waals surface area contributed by atoms with Gasteiger partial charge in [0, 0.05) is 12.6 Å². The zero-order valence-corrected chi connectivity index (χ0v) is 10.0. The second-order valence-corrected chi connectivity index (χ2v) is 4.86. The van der Waals surface area contributed by atoms with Crippen LogP contribution in [0.5, 0.6) is 0 Å². The van der Waals surface area contributed by atoms with E-state index in [9.17, 15) is 4.39 Å². The van der Waals surface area contributed by atoms with Crippen molar-refractivity contribution in [2.45, 2.75) is 38.8 Å². The van der Waals surface area contributed by atoms with Crippen molar-refractivity contribution in [2.75, 3.05) is 0 Å². The highest BCUT2D eigenvalue weighted by atomic mass is 19.1. The van der Waals surface area contributed by atoms with Crippen molar-refractivity contribution in [3.8, 4) is 6.07 Å². The van der Waals surface area contributed by atoms with Crippen molar-refractivity contribution in [1.82, 2.24) is 5.32 Å². The Morgan fingerprint density at radius 1 is 1.41 bits per heavy atom. The van der Waals surface area contributed by atoms with Gasteiger partial charge in [0.2, 0.25) is 0 Å². The normalized spacial score (nSPS) is 23.6. The summed E-state index contributed by atoms with van der Waals surface area (Å²) in [5.41, 5.74) is 1.24. The first-order valence-electron chi connectivity index (χ1n) is 6.12. The molecule has 0 aromatic heterocycles. The highest BCUT2D eigenvalue weighted by Gasteiger charge is 2.22. The summed E-state index contributed by atoms with van der Waals surface area (Å²) >= 11 is 0. The Kier molecular flexibility index (Phi) is 3.75. The Bertz CT molecular complexity index is 436. The van der Waals surface area contributed by atoms with E-state index >= 15 is 0 Å². The van der Waals surface area contributed by atoms with Crippen LogP contribution in [0.25, 0.3) is 0 Å². The fourth-order valence-corrected chi connectivity index (χ4v) is 2.51. The Morgan fingerprint density at radius 2 is 2.24 bits per heavy atom. The van der Waals surface area contributed by atoms with Crippen LogP contribution in [0.2, 0.25) is 0 Å². The first-order chi connectivity index (χ1) is 8.19. The van der Waals surface area contributed by atoms with E-state index in [4.69, 9.17) is 5.26 Å². The molecule has 1 aromatic rings. The van der Waals surface area contributed by atoms with Gasteiger partial charge in [-0.05, 0) is 42.5 Å². The van der Waals surface area contributed by atoms with Gasteiger partial charge in [0.1, 0.15) is 5.82 Å². The van der Waals surface area contributed by atoms with Crippen LogP contribution in [0.15, 0.2) is 18.2 Å². The lowest BCUT2D eigenvalue weighted by Gasteiger charge is -2.17. The molecule has 0 aliphatic heterocycles. The molecule has 0 bridgehead atoms. The van der Waals surface area contributed by atoms with Crippen LogP contribution in [-0.2, 0) is 6.54 Å². The maximum atomic E-state index is 13.2. The average Bonchev–Trinajstić information content (AvgIpc) is 2.71. The maximum absolute atomic E-state index is 13.2. The summed E-state index contributed by atoms with van der Waals surface area (Å²) in [5, 5.41) is 12.2. The monoisotopic (exact) mass is 232 g/mol. The molecule has 17 heavy (non-hydrogen) atoms. The number of rotatable bonds is 3. The number of halogens is 1. The van der Waals surface area contributed by atoms with Crippen molar-refractivity contribution in [3.05, 3.63) is 35.1 Å². The summed E-state index contributed by atoms with van der Waals surface area (Å²) in [6.45, 7) is 2.89. The van der Waals surface area contributed by atoms with Crippen LogP contribution in [0.4, 0.5) is 4.39 Å². The van der Waals surface area contributed by atoms with E-state index in [0.717, 1.165) is 5.56 Å². The van der Waals surface area contributed by atoms with Crippen LogP contribution in [-0.4, -0.2) is 6.04 Å². The molecular weight excluding hydrogens is 215 g/mol. The number of nitrogens with one attached hydrogen (secondary N) is 1. The van der Waals surface area contributed by atoms with Gasteiger partial charge < -0.3 is 5.32 Å². The van der Waals surface area contributed by atoms with Crippen molar-refractivity contribution < 1.29 is 4.39 Å². The molecule has 3 heteroatoms. The third-order valence-electron chi connectivity index (χ3n) is 3.52. The van der Waals surface area contributed by atoms with E-state index in [2.05, 4.69) is 12.2 Å². The third-order valence-corrected chi connectivity index (χ3v) is 3.52. The number of nitriles is 1. The quantitative estimate of drug-likeness (QED) is 0.869. The molecule has 0 heterocycles. The number of benzene rings is 1. The first-order valence-corrected chi connectivity index (χ1v) is 6.12. The molecule has 1 N–H and O–H groups in total. The van der Waals surface area contributed by atoms with Crippen molar-refractivity contribution in [1.29, 1.82) is 5.26 Å². The summed E-state index contributed by atoms with van der Waals surface area (Å²) in [7, 11) is 0. The predicted octanol–water partition coefficient (Wildman–Crippen LogP) is 2.98. The number of nitrogens with zero attached hydrogens (tertiary/aromatic N) is 1. The Hall–Kier alpha value is -1.40. The van der Waals surface area contributed by atoms with Crippen molar-refractivity contribution >= 4 is 0 Å². The molecule has 0 saturated heterocycles. The largest absolute Gasteiger partial charge is 0.310 e. The summed E-state index contributed by atoms with van der Waals surface area (Å²) < 4.78 is 13.2. The molecule has 0 radical (unpaired) electrons. The zero-order chi connectivity index (χ0) is 12.3. The van der Waals surface area contributed by atoms with Gasteiger partial charge >= 0.3 is 0 Å². The minimum atomic E-state index is -0.333. The highest BCUT2D eigenvalue weighted by Crippen LogP contribution is 2.25.